The number of H-pyrrole nitrogens is 1. The van der Waals surface area contributed by atoms with Crippen LogP contribution in [0.4, 0.5) is 5.82 Å². The van der Waals surface area contributed by atoms with E-state index in [1.165, 1.54) is 5.56 Å². The number of carbonyl (C=O) groups is 1. The van der Waals surface area contributed by atoms with Crippen LogP contribution in [0.5, 0.6) is 0 Å². The summed E-state index contributed by atoms with van der Waals surface area (Å²) in [7, 11) is 0. The Balaban J connectivity index is 0.00000114. The molecule has 0 aliphatic rings. The van der Waals surface area contributed by atoms with E-state index in [1.807, 2.05) is 6.92 Å². The number of rotatable bonds is 10. The quantitative estimate of drug-likeness (QED) is 0.300. The Labute approximate surface area is 159 Å². The Morgan fingerprint density at radius 2 is 1.70 bits per heavy atom. The summed E-state index contributed by atoms with van der Waals surface area (Å²) in [5.41, 5.74) is 10.1. The van der Waals surface area contributed by atoms with Gasteiger partial charge in [-0.2, -0.15) is 0 Å². The third-order valence-corrected chi connectivity index (χ3v) is 4.33. The normalized spacial score (nSPS) is 10.9. The van der Waals surface area contributed by atoms with E-state index in [-0.39, 0.29) is 19.7 Å². The van der Waals surface area contributed by atoms with Crippen LogP contribution < -0.4 is 5.73 Å². The number of nitrogens with one attached hydrogen (secondary N) is 1. The maximum Gasteiger partial charge on any atom is 0.290 e. The van der Waals surface area contributed by atoms with Crippen LogP contribution in [0.2, 0.25) is 0 Å². The van der Waals surface area contributed by atoms with Crippen LogP contribution in [0.15, 0.2) is 0 Å². The van der Waals surface area contributed by atoms with E-state index in [4.69, 9.17) is 25.8 Å². The van der Waals surface area contributed by atoms with Gasteiger partial charge >= 0.3 is 0 Å². The van der Waals surface area contributed by atoms with Gasteiger partial charge in [0.05, 0.1) is 18.7 Å². The topological polar surface area (TPSA) is 149 Å². The number of fused-ring (bicyclic) bond motifs is 1. The van der Waals surface area contributed by atoms with Crippen LogP contribution in [-0.4, -0.2) is 74.5 Å². The lowest BCUT2D eigenvalue weighted by Gasteiger charge is -2.19. The van der Waals surface area contributed by atoms with Crippen LogP contribution in [0, 0.1) is 13.8 Å². The van der Waals surface area contributed by atoms with Crippen molar-refractivity contribution in [3.05, 3.63) is 17.1 Å². The first kappa shape index (κ1) is 22.8. The molecule has 2 rings (SSSR count). The van der Waals surface area contributed by atoms with Crippen molar-refractivity contribution in [3.63, 3.8) is 0 Å². The lowest BCUT2D eigenvalue weighted by molar-refractivity contribution is -0.122. The highest BCUT2D eigenvalue weighted by Gasteiger charge is 2.13. The summed E-state index contributed by atoms with van der Waals surface area (Å²) < 4.78 is 0. The van der Waals surface area contributed by atoms with Gasteiger partial charge in [0, 0.05) is 18.8 Å². The molecule has 6 N–H and O–H groups in total. The first-order chi connectivity index (χ1) is 13.0. The third-order valence-electron chi connectivity index (χ3n) is 4.33. The average Bonchev–Trinajstić information content (AvgIpc) is 2.92. The molecule has 0 saturated carbocycles. The number of aromatic nitrogens is 3. The number of aryl methyl sites for hydroxylation is 3. The summed E-state index contributed by atoms with van der Waals surface area (Å²) in [5.74, 6) is 1.21. The molecule has 2 aromatic rings. The molecule has 0 radical (unpaired) electrons. The summed E-state index contributed by atoms with van der Waals surface area (Å²) in [6.07, 6.45) is 4.18. The Hall–Kier alpha value is -2.23. The highest BCUT2D eigenvalue weighted by atomic mass is 16.3. The van der Waals surface area contributed by atoms with Gasteiger partial charge in [-0.15, -0.1) is 0 Å². The molecular formula is C18H31N5O4. The van der Waals surface area contributed by atoms with E-state index in [2.05, 4.69) is 26.8 Å². The number of unbranched alkanes of at least 4 members (excludes halogenated alkanes) is 2. The van der Waals surface area contributed by atoms with E-state index >= 15 is 0 Å². The molecule has 0 amide bonds. The molecule has 2 aromatic heterocycles. The Morgan fingerprint density at radius 1 is 1.07 bits per heavy atom. The fourth-order valence-corrected chi connectivity index (χ4v) is 3.11. The largest absolute Gasteiger partial charge is 0.483 e. The number of carboxylic acid groups (broad SMARTS) is 1. The van der Waals surface area contributed by atoms with Gasteiger partial charge in [0.1, 0.15) is 11.3 Å². The molecule has 0 aliphatic carbocycles. The summed E-state index contributed by atoms with van der Waals surface area (Å²) in [6.45, 7) is 6.08. The molecule has 0 atom stereocenters. The van der Waals surface area contributed by atoms with Crippen LogP contribution in [0.1, 0.15) is 36.3 Å². The van der Waals surface area contributed by atoms with Crippen molar-refractivity contribution >= 4 is 23.3 Å². The van der Waals surface area contributed by atoms with E-state index in [1.54, 1.807) is 0 Å². The number of anilines is 1. The number of aliphatic hydroxyl groups excluding tert-OH is 2. The van der Waals surface area contributed by atoms with Gasteiger partial charge in [0.2, 0.25) is 0 Å². The van der Waals surface area contributed by atoms with E-state index in [0.717, 1.165) is 49.0 Å². The van der Waals surface area contributed by atoms with Gasteiger partial charge < -0.3 is 26.0 Å². The van der Waals surface area contributed by atoms with Gasteiger partial charge in [-0.25, -0.2) is 9.97 Å². The zero-order valence-corrected chi connectivity index (χ0v) is 16.1. The number of nitrogens with zero attached hydrogens (tertiary/aromatic N) is 3. The standard InChI is InChI=1S/C17H29N5O2.CH2O2/c1-12-14(15-16(19-12)17(18)21-13(2)20-15)6-4-3-5-7-22(8-10-23)9-11-24;2-1-3/h19,23-24H,3-11H2,1-2H3,(H2,18,20,21);1H,(H,2,3). The average molecular weight is 381 g/mol. The first-order valence-corrected chi connectivity index (χ1v) is 9.11. The summed E-state index contributed by atoms with van der Waals surface area (Å²) in [6, 6.07) is 0. The van der Waals surface area contributed by atoms with E-state index in [0.29, 0.717) is 24.7 Å². The maximum atomic E-state index is 9.02. The molecule has 0 aliphatic heterocycles. The number of aromatic amines is 1. The van der Waals surface area contributed by atoms with Crippen LogP contribution >= 0.6 is 0 Å². The molecule has 9 nitrogen and oxygen atoms in total. The molecule has 0 saturated heterocycles. The van der Waals surface area contributed by atoms with Crippen molar-refractivity contribution in [3.8, 4) is 0 Å². The van der Waals surface area contributed by atoms with Crippen molar-refractivity contribution in [2.45, 2.75) is 39.5 Å². The molecular weight excluding hydrogens is 350 g/mol. The first-order valence-electron chi connectivity index (χ1n) is 9.11. The number of nitrogens with two attached hydrogens (primary N) is 1. The zero-order valence-electron chi connectivity index (χ0n) is 16.1. The smallest absolute Gasteiger partial charge is 0.290 e. The van der Waals surface area contributed by atoms with Gasteiger partial charge in [0.15, 0.2) is 5.82 Å². The van der Waals surface area contributed by atoms with Gasteiger partial charge in [-0.1, -0.05) is 6.42 Å². The minimum Gasteiger partial charge on any atom is -0.483 e. The molecule has 0 bridgehead atoms. The lowest BCUT2D eigenvalue weighted by atomic mass is 10.1. The van der Waals surface area contributed by atoms with Crippen LogP contribution in [0.25, 0.3) is 11.0 Å². The molecule has 0 spiro atoms. The predicted octanol–water partition coefficient (Wildman–Crippen LogP) is 0.857. The third kappa shape index (κ3) is 7.12. The van der Waals surface area contributed by atoms with Crippen molar-refractivity contribution in [2.75, 3.05) is 38.6 Å². The van der Waals surface area contributed by atoms with Gasteiger partial charge in [0.25, 0.3) is 6.47 Å². The minimum atomic E-state index is -0.250. The Morgan fingerprint density at radius 3 is 2.30 bits per heavy atom. The Kier molecular flexibility index (Phi) is 10.3. The van der Waals surface area contributed by atoms with Crippen LogP contribution in [-0.2, 0) is 11.2 Å². The molecule has 27 heavy (non-hydrogen) atoms. The van der Waals surface area contributed by atoms with E-state index < -0.39 is 0 Å². The molecule has 2 heterocycles. The van der Waals surface area contributed by atoms with Crippen molar-refractivity contribution in [2.24, 2.45) is 0 Å². The second-order valence-electron chi connectivity index (χ2n) is 6.31. The minimum absolute atomic E-state index is 0.134. The van der Waals surface area contributed by atoms with Crippen LogP contribution in [0.3, 0.4) is 0 Å². The molecule has 9 heteroatoms. The maximum absolute atomic E-state index is 9.02. The number of aliphatic hydroxyl groups is 2. The molecule has 0 fully saturated rings. The summed E-state index contributed by atoms with van der Waals surface area (Å²) in [4.78, 5) is 22.5. The lowest BCUT2D eigenvalue weighted by Crippen LogP contribution is -2.30. The number of hydrogen-bond acceptors (Lipinski definition) is 7. The summed E-state index contributed by atoms with van der Waals surface area (Å²) >= 11 is 0. The van der Waals surface area contributed by atoms with Crippen molar-refractivity contribution in [1.29, 1.82) is 0 Å². The molecule has 0 unspecified atom stereocenters. The van der Waals surface area contributed by atoms with Gasteiger partial charge in [-0.05, 0) is 45.2 Å². The molecule has 0 aromatic carbocycles. The Bertz CT molecular complexity index is 699. The predicted molar refractivity (Wildman–Crippen MR) is 105 cm³/mol. The highest BCUT2D eigenvalue weighted by molar-refractivity contribution is 5.88. The number of nitrogen functional groups attached to an aromatic ring is 1. The second-order valence-corrected chi connectivity index (χ2v) is 6.31. The van der Waals surface area contributed by atoms with Gasteiger partial charge in [-0.3, -0.25) is 9.69 Å². The number of hydrogen-bond donors (Lipinski definition) is 5. The summed E-state index contributed by atoms with van der Waals surface area (Å²) in [5, 5.41) is 24.9. The highest BCUT2D eigenvalue weighted by Crippen LogP contribution is 2.25. The van der Waals surface area contributed by atoms with E-state index in [9.17, 15) is 0 Å². The van der Waals surface area contributed by atoms with Crippen molar-refractivity contribution < 1.29 is 20.1 Å². The fourth-order valence-electron chi connectivity index (χ4n) is 3.11. The fraction of sp³-hybridized carbons (Fsp3) is 0.611. The second kappa shape index (κ2) is 12.2. The van der Waals surface area contributed by atoms with Crippen molar-refractivity contribution in [1.82, 2.24) is 19.9 Å². The molecule has 152 valence electrons. The monoisotopic (exact) mass is 381 g/mol. The SMILES string of the molecule is Cc1nc(N)c2[nH]c(C)c(CCCCCN(CCO)CCO)c2n1.O=CO. The zero-order chi connectivity index (χ0) is 20.2.